The molecule has 1 fully saturated rings. The third kappa shape index (κ3) is 3.70. The molecule has 0 aromatic heterocycles. The van der Waals surface area contributed by atoms with Crippen molar-refractivity contribution in [1.82, 2.24) is 10.2 Å². The number of hydrogen-bond acceptors (Lipinski definition) is 2. The van der Waals surface area contributed by atoms with Crippen LogP contribution in [-0.2, 0) is 0 Å². The van der Waals surface area contributed by atoms with Crippen LogP contribution in [0.5, 0.6) is 0 Å². The van der Waals surface area contributed by atoms with E-state index in [1.54, 1.807) is 0 Å². The van der Waals surface area contributed by atoms with E-state index in [4.69, 9.17) is 0 Å². The molecule has 0 bridgehead atoms. The Balaban J connectivity index is 0.00000162. The van der Waals surface area contributed by atoms with Gasteiger partial charge in [-0.15, -0.1) is 12.4 Å². The molecule has 1 aromatic rings. The van der Waals surface area contributed by atoms with Crippen LogP contribution in [0.4, 0.5) is 0 Å². The largest absolute Gasteiger partial charge is 0.339 e. The summed E-state index contributed by atoms with van der Waals surface area (Å²) in [7, 11) is 1.90. The van der Waals surface area contributed by atoms with Crippen molar-refractivity contribution in [3.63, 3.8) is 0 Å². The fourth-order valence-electron chi connectivity index (χ4n) is 2.18. The first-order valence-corrected chi connectivity index (χ1v) is 6.71. The third-order valence-corrected chi connectivity index (χ3v) is 3.74. The number of halogens is 2. The molecular weight excluding hydrogens is 316 g/mol. The molecule has 100 valence electrons. The lowest BCUT2D eigenvalue weighted by atomic mass is 10.0. The van der Waals surface area contributed by atoms with E-state index in [1.165, 1.54) is 0 Å². The Labute approximate surface area is 122 Å². The molecule has 0 saturated carbocycles. The van der Waals surface area contributed by atoms with Gasteiger partial charge >= 0.3 is 0 Å². The molecule has 0 unspecified atom stereocenters. The standard InChI is InChI=1S/C13H17BrN2O.ClH/c1-16(12-5-7-15-8-6-12)13(17)10-3-2-4-11(14)9-10;/h2-4,9,12,15H,5-8H2,1H3;1H. The number of rotatable bonds is 2. The van der Waals surface area contributed by atoms with Crippen molar-refractivity contribution in [2.45, 2.75) is 18.9 Å². The molecule has 1 aliphatic heterocycles. The second-order valence-electron chi connectivity index (χ2n) is 4.41. The lowest BCUT2D eigenvalue weighted by Crippen LogP contribution is -2.43. The van der Waals surface area contributed by atoms with Crippen LogP contribution in [0.15, 0.2) is 28.7 Å². The topological polar surface area (TPSA) is 32.3 Å². The predicted molar refractivity (Wildman–Crippen MR) is 79.4 cm³/mol. The lowest BCUT2D eigenvalue weighted by molar-refractivity contribution is 0.0703. The SMILES string of the molecule is CN(C(=O)c1cccc(Br)c1)C1CCNCC1.Cl. The molecule has 0 spiro atoms. The fourth-order valence-corrected chi connectivity index (χ4v) is 2.58. The van der Waals surface area contributed by atoms with Crippen molar-refractivity contribution in [2.24, 2.45) is 0 Å². The molecule has 0 atom stereocenters. The Bertz CT molecular complexity index is 408. The van der Waals surface area contributed by atoms with Gasteiger partial charge in [-0.3, -0.25) is 4.79 Å². The number of benzene rings is 1. The highest BCUT2D eigenvalue weighted by atomic mass is 79.9. The quantitative estimate of drug-likeness (QED) is 0.902. The van der Waals surface area contributed by atoms with E-state index in [9.17, 15) is 4.79 Å². The van der Waals surface area contributed by atoms with Crippen LogP contribution in [0.1, 0.15) is 23.2 Å². The Morgan fingerprint density at radius 2 is 2.06 bits per heavy atom. The van der Waals surface area contributed by atoms with E-state index < -0.39 is 0 Å². The summed E-state index contributed by atoms with van der Waals surface area (Å²) in [5, 5.41) is 3.31. The molecule has 1 aliphatic rings. The average molecular weight is 334 g/mol. The van der Waals surface area contributed by atoms with Gasteiger partial charge in [0.15, 0.2) is 0 Å². The Kier molecular flexibility index (Phi) is 6.12. The van der Waals surface area contributed by atoms with Gasteiger partial charge < -0.3 is 10.2 Å². The summed E-state index contributed by atoms with van der Waals surface area (Å²) < 4.78 is 0.946. The number of nitrogens with zero attached hydrogens (tertiary/aromatic N) is 1. The second kappa shape index (κ2) is 7.12. The maximum absolute atomic E-state index is 12.3. The third-order valence-electron chi connectivity index (χ3n) is 3.25. The van der Waals surface area contributed by atoms with E-state index in [-0.39, 0.29) is 18.3 Å². The van der Waals surface area contributed by atoms with Crippen molar-refractivity contribution in [3.05, 3.63) is 34.3 Å². The highest BCUT2D eigenvalue weighted by Gasteiger charge is 2.22. The molecular formula is C13H18BrClN2O. The van der Waals surface area contributed by atoms with Crippen molar-refractivity contribution in [1.29, 1.82) is 0 Å². The highest BCUT2D eigenvalue weighted by molar-refractivity contribution is 9.10. The van der Waals surface area contributed by atoms with Crippen LogP contribution in [0.2, 0.25) is 0 Å². The van der Waals surface area contributed by atoms with Gasteiger partial charge in [-0.25, -0.2) is 0 Å². The molecule has 1 saturated heterocycles. The first-order chi connectivity index (χ1) is 8.18. The van der Waals surface area contributed by atoms with Gasteiger partial charge in [0.25, 0.3) is 5.91 Å². The number of carbonyl (C=O) groups is 1. The number of hydrogen-bond donors (Lipinski definition) is 1. The maximum atomic E-state index is 12.3. The van der Waals surface area contributed by atoms with Crippen LogP contribution >= 0.6 is 28.3 Å². The fraction of sp³-hybridized carbons (Fsp3) is 0.462. The molecule has 3 nitrogen and oxygen atoms in total. The number of piperidine rings is 1. The number of carbonyl (C=O) groups excluding carboxylic acids is 1. The Morgan fingerprint density at radius 3 is 2.67 bits per heavy atom. The Morgan fingerprint density at radius 1 is 1.39 bits per heavy atom. The summed E-state index contributed by atoms with van der Waals surface area (Å²) in [6.07, 6.45) is 2.08. The summed E-state index contributed by atoms with van der Waals surface area (Å²) in [6, 6.07) is 7.93. The van der Waals surface area contributed by atoms with Gasteiger partial charge in [-0.2, -0.15) is 0 Å². The van der Waals surface area contributed by atoms with Crippen molar-refractivity contribution in [3.8, 4) is 0 Å². The molecule has 1 aromatic carbocycles. The molecule has 1 heterocycles. The minimum atomic E-state index is 0. The van der Waals surface area contributed by atoms with E-state index in [2.05, 4.69) is 21.2 Å². The van der Waals surface area contributed by atoms with Crippen molar-refractivity contribution in [2.75, 3.05) is 20.1 Å². The van der Waals surface area contributed by atoms with Gasteiger partial charge in [0, 0.05) is 23.1 Å². The van der Waals surface area contributed by atoms with Crippen LogP contribution in [-0.4, -0.2) is 37.0 Å². The molecule has 5 heteroatoms. The van der Waals surface area contributed by atoms with Gasteiger partial charge in [-0.05, 0) is 44.1 Å². The first-order valence-electron chi connectivity index (χ1n) is 5.92. The zero-order valence-electron chi connectivity index (χ0n) is 10.4. The van der Waals surface area contributed by atoms with E-state index in [0.29, 0.717) is 6.04 Å². The minimum Gasteiger partial charge on any atom is -0.339 e. The van der Waals surface area contributed by atoms with Crippen LogP contribution in [0, 0.1) is 0 Å². The molecule has 18 heavy (non-hydrogen) atoms. The van der Waals surface area contributed by atoms with Gasteiger partial charge in [0.1, 0.15) is 0 Å². The van der Waals surface area contributed by atoms with Crippen molar-refractivity contribution < 1.29 is 4.79 Å². The summed E-state index contributed by atoms with van der Waals surface area (Å²) in [6.45, 7) is 2.00. The zero-order chi connectivity index (χ0) is 12.3. The van der Waals surface area contributed by atoms with Crippen LogP contribution in [0.3, 0.4) is 0 Å². The normalized spacial score (nSPS) is 15.9. The zero-order valence-corrected chi connectivity index (χ0v) is 12.8. The lowest BCUT2D eigenvalue weighted by Gasteiger charge is -2.31. The molecule has 1 N–H and O–H groups in total. The van der Waals surface area contributed by atoms with E-state index >= 15 is 0 Å². The van der Waals surface area contributed by atoms with Crippen LogP contribution in [0.25, 0.3) is 0 Å². The number of amides is 1. The molecule has 2 rings (SSSR count). The van der Waals surface area contributed by atoms with E-state index in [0.717, 1.165) is 36.0 Å². The van der Waals surface area contributed by atoms with Gasteiger partial charge in [-0.1, -0.05) is 22.0 Å². The summed E-state index contributed by atoms with van der Waals surface area (Å²) in [5.41, 5.74) is 0.750. The van der Waals surface area contributed by atoms with Gasteiger partial charge in [0.2, 0.25) is 0 Å². The smallest absolute Gasteiger partial charge is 0.253 e. The molecule has 0 radical (unpaired) electrons. The molecule has 1 amide bonds. The first kappa shape index (κ1) is 15.5. The summed E-state index contributed by atoms with van der Waals surface area (Å²) in [5.74, 6) is 0.109. The maximum Gasteiger partial charge on any atom is 0.253 e. The summed E-state index contributed by atoms with van der Waals surface area (Å²) in [4.78, 5) is 14.2. The van der Waals surface area contributed by atoms with Crippen molar-refractivity contribution >= 4 is 34.2 Å². The second-order valence-corrected chi connectivity index (χ2v) is 5.32. The summed E-state index contributed by atoms with van der Waals surface area (Å²) >= 11 is 3.39. The van der Waals surface area contributed by atoms with Crippen LogP contribution < -0.4 is 5.32 Å². The minimum absolute atomic E-state index is 0. The highest BCUT2D eigenvalue weighted by Crippen LogP contribution is 2.16. The average Bonchev–Trinajstić information content (AvgIpc) is 2.38. The van der Waals surface area contributed by atoms with Gasteiger partial charge in [0.05, 0.1) is 0 Å². The monoisotopic (exact) mass is 332 g/mol. The molecule has 0 aliphatic carbocycles. The number of nitrogens with one attached hydrogen (secondary N) is 1. The van der Waals surface area contributed by atoms with E-state index in [1.807, 2.05) is 36.2 Å². The predicted octanol–water partition coefficient (Wildman–Crippen LogP) is 2.69. The Hall–Kier alpha value is -0.580.